The van der Waals surface area contributed by atoms with Crippen molar-refractivity contribution in [3.63, 3.8) is 0 Å². The summed E-state index contributed by atoms with van der Waals surface area (Å²) in [5.41, 5.74) is 1.34. The zero-order chi connectivity index (χ0) is 20.3. The summed E-state index contributed by atoms with van der Waals surface area (Å²) in [4.78, 5) is 26.2. The number of carbonyl (C=O) groups excluding carboxylic acids is 2. The molecule has 1 heterocycles. The van der Waals surface area contributed by atoms with Gasteiger partial charge in [0.1, 0.15) is 5.82 Å². The molecule has 3 rings (SSSR count). The zero-order valence-corrected chi connectivity index (χ0v) is 15.8. The van der Waals surface area contributed by atoms with Crippen molar-refractivity contribution in [2.45, 2.75) is 17.7 Å². The topological polar surface area (TPSA) is 110 Å². The Bertz CT molecular complexity index is 975. The van der Waals surface area contributed by atoms with E-state index in [4.69, 9.17) is 5.14 Å². The lowest BCUT2D eigenvalue weighted by molar-refractivity contribution is -0.128. The van der Waals surface area contributed by atoms with Crippen molar-refractivity contribution in [3.05, 3.63) is 59.9 Å². The average Bonchev–Trinajstić information content (AvgIpc) is 3.02. The number of carbonyl (C=O) groups is 2. The van der Waals surface area contributed by atoms with Crippen LogP contribution in [-0.4, -0.2) is 38.2 Å². The van der Waals surface area contributed by atoms with Crippen LogP contribution in [0.3, 0.4) is 0 Å². The molecule has 148 valence electrons. The minimum absolute atomic E-state index is 0.0477. The third kappa shape index (κ3) is 4.93. The van der Waals surface area contributed by atoms with Gasteiger partial charge in [0, 0.05) is 25.2 Å². The summed E-state index contributed by atoms with van der Waals surface area (Å²) in [6.07, 6.45) is 0.694. The first-order valence-electron chi connectivity index (χ1n) is 8.68. The Labute approximate surface area is 162 Å². The van der Waals surface area contributed by atoms with Gasteiger partial charge in [0.2, 0.25) is 21.8 Å². The lowest BCUT2D eigenvalue weighted by atomic mass is 10.1. The van der Waals surface area contributed by atoms with Gasteiger partial charge in [-0.1, -0.05) is 12.1 Å². The molecular weight excluding hydrogens is 385 g/mol. The van der Waals surface area contributed by atoms with Gasteiger partial charge in [-0.2, -0.15) is 0 Å². The molecule has 1 atom stereocenters. The van der Waals surface area contributed by atoms with Crippen LogP contribution in [-0.2, 0) is 26.0 Å². The van der Waals surface area contributed by atoms with Gasteiger partial charge < -0.3 is 10.2 Å². The molecule has 2 aromatic rings. The van der Waals surface area contributed by atoms with E-state index in [0.717, 1.165) is 5.56 Å². The average molecular weight is 405 g/mol. The highest BCUT2D eigenvalue weighted by atomic mass is 32.2. The van der Waals surface area contributed by atoms with Gasteiger partial charge in [0.15, 0.2) is 0 Å². The second-order valence-corrected chi connectivity index (χ2v) is 8.24. The van der Waals surface area contributed by atoms with Gasteiger partial charge in [0.05, 0.1) is 10.8 Å². The molecule has 2 aromatic carbocycles. The molecule has 0 aromatic heterocycles. The summed E-state index contributed by atoms with van der Waals surface area (Å²) in [7, 11) is -3.79. The molecule has 0 spiro atoms. The van der Waals surface area contributed by atoms with Crippen LogP contribution < -0.4 is 10.5 Å². The van der Waals surface area contributed by atoms with E-state index in [1.54, 1.807) is 17.0 Å². The number of halogens is 1. The predicted octanol–water partition coefficient (Wildman–Crippen LogP) is 1.50. The lowest BCUT2D eigenvalue weighted by Gasteiger charge is -2.16. The molecule has 7 nitrogen and oxygen atoms in total. The maximum atomic E-state index is 12.9. The molecule has 0 saturated carbocycles. The van der Waals surface area contributed by atoms with Crippen molar-refractivity contribution in [1.82, 2.24) is 4.90 Å². The number of hydrogen-bond donors (Lipinski definition) is 2. The Morgan fingerprint density at radius 3 is 2.39 bits per heavy atom. The first-order chi connectivity index (χ1) is 13.2. The third-order valence-electron chi connectivity index (χ3n) is 4.62. The predicted molar refractivity (Wildman–Crippen MR) is 101 cm³/mol. The van der Waals surface area contributed by atoms with E-state index in [2.05, 4.69) is 5.32 Å². The number of nitrogens with one attached hydrogen (secondary N) is 1. The molecule has 1 aliphatic heterocycles. The molecule has 9 heteroatoms. The molecule has 2 amide bonds. The first-order valence-corrected chi connectivity index (χ1v) is 10.2. The van der Waals surface area contributed by atoms with Crippen molar-refractivity contribution in [3.8, 4) is 0 Å². The molecule has 1 fully saturated rings. The number of sulfonamides is 1. The third-order valence-corrected chi connectivity index (χ3v) is 5.55. The largest absolute Gasteiger partial charge is 0.342 e. The molecule has 0 unspecified atom stereocenters. The van der Waals surface area contributed by atoms with E-state index in [9.17, 15) is 22.4 Å². The lowest BCUT2D eigenvalue weighted by Crippen LogP contribution is -2.30. The molecule has 0 bridgehead atoms. The standard InChI is InChI=1S/C19H20FN3O4S/c20-15-3-1-13(2-4-15)9-10-23-12-14(11-18(23)24)19(25)22-16-5-7-17(8-6-16)28(21,26)27/h1-8,14H,9-12H2,(H,22,25)(H2,21,26,27)/t14-/m1/s1. The van der Waals surface area contributed by atoms with Crippen LogP contribution in [0.15, 0.2) is 53.4 Å². The highest BCUT2D eigenvalue weighted by molar-refractivity contribution is 7.89. The molecule has 1 saturated heterocycles. The van der Waals surface area contributed by atoms with E-state index in [0.29, 0.717) is 25.2 Å². The maximum absolute atomic E-state index is 12.9. The molecule has 0 radical (unpaired) electrons. The van der Waals surface area contributed by atoms with Crippen molar-refractivity contribution in [1.29, 1.82) is 0 Å². The minimum atomic E-state index is -3.79. The Balaban J connectivity index is 1.55. The Morgan fingerprint density at radius 1 is 1.14 bits per heavy atom. The summed E-state index contributed by atoms with van der Waals surface area (Å²) in [5.74, 6) is -1.21. The number of amides is 2. The van der Waals surface area contributed by atoms with E-state index in [1.165, 1.54) is 36.4 Å². The Hall–Kier alpha value is -2.78. The van der Waals surface area contributed by atoms with Crippen molar-refractivity contribution in [2.24, 2.45) is 11.1 Å². The fourth-order valence-electron chi connectivity index (χ4n) is 3.05. The van der Waals surface area contributed by atoms with Crippen LogP contribution >= 0.6 is 0 Å². The van der Waals surface area contributed by atoms with Gasteiger partial charge >= 0.3 is 0 Å². The van der Waals surface area contributed by atoms with Crippen molar-refractivity contribution < 1.29 is 22.4 Å². The summed E-state index contributed by atoms with van der Waals surface area (Å²) < 4.78 is 35.5. The first kappa shape index (κ1) is 20.0. The smallest absolute Gasteiger partial charge is 0.238 e. The van der Waals surface area contributed by atoms with E-state index < -0.39 is 15.9 Å². The quantitative estimate of drug-likeness (QED) is 0.759. The number of nitrogens with zero attached hydrogens (tertiary/aromatic N) is 1. The number of rotatable bonds is 6. The number of primary sulfonamides is 1. The Kier molecular flexibility index (Phi) is 5.76. The minimum Gasteiger partial charge on any atom is -0.342 e. The SMILES string of the molecule is NS(=O)(=O)c1ccc(NC(=O)[C@@H]2CC(=O)N(CCc3ccc(F)cc3)C2)cc1. The van der Waals surface area contributed by atoms with E-state index in [1.807, 2.05) is 0 Å². The number of nitrogens with two attached hydrogens (primary N) is 1. The number of anilines is 1. The van der Waals surface area contributed by atoms with Gasteiger partial charge in [0.25, 0.3) is 0 Å². The highest BCUT2D eigenvalue weighted by Gasteiger charge is 2.34. The van der Waals surface area contributed by atoms with Crippen LogP contribution in [0.25, 0.3) is 0 Å². The molecular formula is C19H20FN3O4S. The molecule has 3 N–H and O–H groups in total. The molecule has 0 aliphatic carbocycles. The summed E-state index contributed by atoms with van der Waals surface area (Å²) in [6.45, 7) is 0.762. The van der Waals surface area contributed by atoms with Gasteiger partial charge in [-0.05, 0) is 48.4 Å². The monoisotopic (exact) mass is 405 g/mol. The Morgan fingerprint density at radius 2 is 1.79 bits per heavy atom. The van der Waals surface area contributed by atoms with Crippen LogP contribution in [0.5, 0.6) is 0 Å². The molecule has 28 heavy (non-hydrogen) atoms. The summed E-state index contributed by atoms with van der Waals surface area (Å²) >= 11 is 0. The van der Waals surface area contributed by atoms with E-state index in [-0.39, 0.29) is 28.9 Å². The second kappa shape index (κ2) is 8.07. The number of hydrogen-bond acceptors (Lipinski definition) is 4. The fourth-order valence-corrected chi connectivity index (χ4v) is 3.57. The molecule has 1 aliphatic rings. The zero-order valence-electron chi connectivity index (χ0n) is 15.0. The van der Waals surface area contributed by atoms with Gasteiger partial charge in [-0.3, -0.25) is 9.59 Å². The summed E-state index contributed by atoms with van der Waals surface area (Å²) in [5, 5.41) is 7.73. The number of likely N-dealkylation sites (tertiary alicyclic amines) is 1. The normalized spacial score (nSPS) is 17.0. The summed E-state index contributed by atoms with van der Waals surface area (Å²) in [6, 6.07) is 11.6. The van der Waals surface area contributed by atoms with Crippen LogP contribution in [0.4, 0.5) is 10.1 Å². The van der Waals surface area contributed by atoms with Crippen molar-refractivity contribution >= 4 is 27.5 Å². The van der Waals surface area contributed by atoms with Gasteiger partial charge in [-0.25, -0.2) is 17.9 Å². The van der Waals surface area contributed by atoms with Gasteiger partial charge in [-0.15, -0.1) is 0 Å². The maximum Gasteiger partial charge on any atom is 0.238 e. The second-order valence-electron chi connectivity index (χ2n) is 6.68. The highest BCUT2D eigenvalue weighted by Crippen LogP contribution is 2.21. The van der Waals surface area contributed by atoms with Crippen LogP contribution in [0.1, 0.15) is 12.0 Å². The van der Waals surface area contributed by atoms with Crippen molar-refractivity contribution in [2.75, 3.05) is 18.4 Å². The van der Waals surface area contributed by atoms with Crippen LogP contribution in [0, 0.1) is 11.7 Å². The number of benzene rings is 2. The fraction of sp³-hybridized carbons (Fsp3) is 0.263. The van der Waals surface area contributed by atoms with E-state index >= 15 is 0 Å². The van der Waals surface area contributed by atoms with Crippen LogP contribution in [0.2, 0.25) is 0 Å².